The third kappa shape index (κ3) is 3.81. The van der Waals surface area contributed by atoms with Crippen LogP contribution in [0.4, 0.5) is 5.69 Å². The predicted molar refractivity (Wildman–Crippen MR) is 80.7 cm³/mol. The number of fused-ring (bicyclic) bond motifs is 1. The number of aliphatic hydroxyl groups excluding tert-OH is 1. The molecule has 1 amide bonds. The molecule has 1 aliphatic heterocycles. The number of unbranched alkanes of at least 4 members (excludes halogenated alkanes) is 2. The van der Waals surface area contributed by atoms with Crippen LogP contribution in [0.1, 0.15) is 31.2 Å². The minimum absolute atomic E-state index is 0.0588. The normalized spacial score (nSPS) is 18.6. The van der Waals surface area contributed by atoms with Crippen LogP contribution in [0.3, 0.4) is 0 Å². The Labute approximate surface area is 120 Å². The number of hydrogen-bond acceptors (Lipinski definition) is 3. The van der Waals surface area contributed by atoms with Gasteiger partial charge in [0.1, 0.15) is 0 Å². The summed E-state index contributed by atoms with van der Waals surface area (Å²) in [6.07, 6.45) is 4.67. The van der Waals surface area contributed by atoms with Gasteiger partial charge in [-0.15, -0.1) is 0 Å². The highest BCUT2D eigenvalue weighted by molar-refractivity contribution is 5.96. The van der Waals surface area contributed by atoms with Crippen LogP contribution in [-0.2, 0) is 11.2 Å². The van der Waals surface area contributed by atoms with Gasteiger partial charge >= 0.3 is 0 Å². The van der Waals surface area contributed by atoms with E-state index in [-0.39, 0.29) is 18.6 Å². The van der Waals surface area contributed by atoms with Gasteiger partial charge in [0.15, 0.2) is 0 Å². The van der Waals surface area contributed by atoms with Crippen molar-refractivity contribution in [1.82, 2.24) is 4.90 Å². The van der Waals surface area contributed by atoms with Crippen molar-refractivity contribution in [3.63, 3.8) is 0 Å². The second kappa shape index (κ2) is 7.41. The Hall–Kier alpha value is -1.39. The minimum atomic E-state index is -0.0588. The first-order valence-electron chi connectivity index (χ1n) is 7.42. The van der Waals surface area contributed by atoms with Crippen molar-refractivity contribution in [2.75, 3.05) is 25.5 Å². The summed E-state index contributed by atoms with van der Waals surface area (Å²) < 4.78 is 0. The lowest BCUT2D eigenvalue weighted by molar-refractivity contribution is -0.121. The first kappa shape index (κ1) is 15.0. The second-order valence-electron chi connectivity index (χ2n) is 5.47. The van der Waals surface area contributed by atoms with Crippen molar-refractivity contribution in [2.45, 2.75) is 38.1 Å². The van der Waals surface area contributed by atoms with E-state index in [9.17, 15) is 4.79 Å². The number of aryl methyl sites for hydroxylation is 1. The fraction of sp³-hybridized carbons (Fsp3) is 0.562. The maximum absolute atomic E-state index is 12.3. The molecular formula is C16H24N2O2. The molecule has 4 heteroatoms. The molecule has 1 unspecified atom stereocenters. The van der Waals surface area contributed by atoms with Gasteiger partial charge in [-0.25, -0.2) is 0 Å². The van der Waals surface area contributed by atoms with E-state index in [1.165, 1.54) is 5.56 Å². The molecule has 20 heavy (non-hydrogen) atoms. The van der Waals surface area contributed by atoms with E-state index in [0.29, 0.717) is 0 Å². The predicted octanol–water partition coefficient (Wildman–Crippen LogP) is 2.03. The molecule has 1 heterocycles. The molecule has 2 N–H and O–H groups in total. The molecule has 0 bridgehead atoms. The van der Waals surface area contributed by atoms with Gasteiger partial charge in [0.25, 0.3) is 0 Å². The van der Waals surface area contributed by atoms with Crippen molar-refractivity contribution in [3.8, 4) is 0 Å². The van der Waals surface area contributed by atoms with Crippen LogP contribution in [0.2, 0.25) is 0 Å². The number of aliphatic hydroxyl groups is 1. The molecule has 0 saturated heterocycles. The van der Waals surface area contributed by atoms with Crippen LogP contribution in [-0.4, -0.2) is 42.2 Å². The third-order valence-corrected chi connectivity index (χ3v) is 3.97. The maximum Gasteiger partial charge on any atom is 0.241 e. The van der Waals surface area contributed by atoms with Crippen LogP contribution in [0.5, 0.6) is 0 Å². The molecule has 0 spiro atoms. The summed E-state index contributed by atoms with van der Waals surface area (Å²) in [6, 6.07) is 7.97. The zero-order valence-corrected chi connectivity index (χ0v) is 12.1. The first-order chi connectivity index (χ1) is 9.72. The number of likely N-dealkylation sites (N-methyl/N-ethyl adjacent to an activating group) is 1. The number of hydrogen-bond donors (Lipinski definition) is 2. The van der Waals surface area contributed by atoms with Crippen molar-refractivity contribution >= 4 is 11.6 Å². The van der Waals surface area contributed by atoms with Crippen LogP contribution in [0.25, 0.3) is 0 Å². The Balaban J connectivity index is 1.92. The van der Waals surface area contributed by atoms with Crippen LogP contribution in [0, 0.1) is 0 Å². The van der Waals surface area contributed by atoms with Crippen LogP contribution >= 0.6 is 0 Å². The van der Waals surface area contributed by atoms with Gasteiger partial charge in [-0.2, -0.15) is 0 Å². The molecule has 0 fully saturated rings. The van der Waals surface area contributed by atoms with E-state index < -0.39 is 0 Å². The molecule has 0 saturated carbocycles. The third-order valence-electron chi connectivity index (χ3n) is 3.97. The van der Waals surface area contributed by atoms with Gasteiger partial charge in [0.2, 0.25) is 5.91 Å². The molecule has 1 aromatic rings. The van der Waals surface area contributed by atoms with Crippen LogP contribution in [0.15, 0.2) is 24.3 Å². The van der Waals surface area contributed by atoms with E-state index >= 15 is 0 Å². The lowest BCUT2D eigenvalue weighted by Crippen LogP contribution is -2.41. The molecular weight excluding hydrogens is 252 g/mol. The number of carbonyl (C=O) groups is 1. The summed E-state index contributed by atoms with van der Waals surface area (Å²) in [5.74, 6) is 0.0969. The van der Waals surface area contributed by atoms with E-state index in [1.54, 1.807) is 0 Å². The van der Waals surface area contributed by atoms with E-state index in [0.717, 1.165) is 44.3 Å². The zero-order valence-electron chi connectivity index (χ0n) is 12.1. The smallest absolute Gasteiger partial charge is 0.241 e. The van der Waals surface area contributed by atoms with E-state index in [2.05, 4.69) is 16.3 Å². The van der Waals surface area contributed by atoms with Gasteiger partial charge in [-0.1, -0.05) is 18.2 Å². The van der Waals surface area contributed by atoms with Crippen molar-refractivity contribution in [1.29, 1.82) is 0 Å². The van der Waals surface area contributed by atoms with Crippen molar-refractivity contribution in [2.24, 2.45) is 0 Å². The number of amides is 1. The number of para-hydroxylation sites is 1. The summed E-state index contributed by atoms with van der Waals surface area (Å²) >= 11 is 0. The number of benzene rings is 1. The Bertz CT molecular complexity index is 448. The fourth-order valence-electron chi connectivity index (χ4n) is 2.73. The lowest BCUT2D eigenvalue weighted by atomic mass is 10.0. The molecule has 2 rings (SSSR count). The molecule has 0 radical (unpaired) electrons. The Morgan fingerprint density at radius 2 is 2.10 bits per heavy atom. The molecule has 1 atom stereocenters. The number of nitrogens with zero attached hydrogens (tertiary/aromatic N) is 1. The fourth-order valence-corrected chi connectivity index (χ4v) is 2.73. The standard InChI is InChI=1S/C16H24N2O2/c1-18(11-5-2-6-12-19)15-10-9-13-7-3-4-8-14(13)17-16(15)20/h3-4,7-8,15,19H,2,5-6,9-12H2,1H3,(H,17,20). The molecule has 1 aliphatic rings. The number of rotatable bonds is 6. The summed E-state index contributed by atoms with van der Waals surface area (Å²) in [4.78, 5) is 14.5. The summed E-state index contributed by atoms with van der Waals surface area (Å²) in [6.45, 7) is 1.15. The van der Waals surface area contributed by atoms with Gasteiger partial charge in [0.05, 0.1) is 6.04 Å². The highest BCUT2D eigenvalue weighted by atomic mass is 16.2. The average Bonchev–Trinajstić information content (AvgIpc) is 2.61. The van der Waals surface area contributed by atoms with Gasteiger partial charge < -0.3 is 10.4 Å². The molecule has 0 aromatic heterocycles. The molecule has 1 aromatic carbocycles. The quantitative estimate of drug-likeness (QED) is 0.782. The first-order valence-corrected chi connectivity index (χ1v) is 7.42. The summed E-state index contributed by atoms with van der Waals surface area (Å²) in [7, 11) is 2.01. The number of nitrogens with one attached hydrogen (secondary N) is 1. The SMILES string of the molecule is CN(CCCCCO)C1CCc2ccccc2NC1=O. The topological polar surface area (TPSA) is 52.6 Å². The van der Waals surface area contributed by atoms with Gasteiger partial charge in [-0.05, 0) is 57.3 Å². The highest BCUT2D eigenvalue weighted by Crippen LogP contribution is 2.23. The minimum Gasteiger partial charge on any atom is -0.396 e. The van der Waals surface area contributed by atoms with Crippen LogP contribution < -0.4 is 5.32 Å². The Morgan fingerprint density at radius 1 is 1.30 bits per heavy atom. The Kier molecular flexibility index (Phi) is 5.56. The average molecular weight is 276 g/mol. The Morgan fingerprint density at radius 3 is 2.90 bits per heavy atom. The number of anilines is 1. The zero-order chi connectivity index (χ0) is 14.4. The van der Waals surface area contributed by atoms with E-state index in [4.69, 9.17) is 5.11 Å². The van der Waals surface area contributed by atoms with Gasteiger partial charge in [0, 0.05) is 12.3 Å². The highest BCUT2D eigenvalue weighted by Gasteiger charge is 2.26. The molecule has 0 aliphatic carbocycles. The number of carbonyl (C=O) groups excluding carboxylic acids is 1. The monoisotopic (exact) mass is 276 g/mol. The lowest BCUT2D eigenvalue weighted by Gasteiger charge is -2.25. The summed E-state index contributed by atoms with van der Waals surface area (Å²) in [5, 5.41) is 11.8. The molecule has 4 nitrogen and oxygen atoms in total. The van der Waals surface area contributed by atoms with E-state index in [1.807, 2.05) is 25.2 Å². The largest absolute Gasteiger partial charge is 0.396 e. The maximum atomic E-state index is 12.3. The van der Waals surface area contributed by atoms with Crippen molar-refractivity contribution < 1.29 is 9.90 Å². The van der Waals surface area contributed by atoms with Crippen molar-refractivity contribution in [3.05, 3.63) is 29.8 Å². The van der Waals surface area contributed by atoms with Gasteiger partial charge in [-0.3, -0.25) is 9.69 Å². The molecule has 110 valence electrons. The summed E-state index contributed by atoms with van der Waals surface area (Å²) in [5.41, 5.74) is 2.17. The second-order valence-corrected chi connectivity index (χ2v) is 5.47.